The molecule has 6 heteroatoms. The summed E-state index contributed by atoms with van der Waals surface area (Å²) in [6, 6.07) is 9.93. The van der Waals surface area contributed by atoms with E-state index in [0.717, 1.165) is 37.0 Å². The van der Waals surface area contributed by atoms with E-state index in [2.05, 4.69) is 15.3 Å². The Morgan fingerprint density at radius 1 is 1.12 bits per heavy atom. The number of hydrogen-bond donors (Lipinski definition) is 1. The first-order valence-electron chi connectivity index (χ1n) is 8.79. The Balaban J connectivity index is 1.42. The highest BCUT2D eigenvalue weighted by molar-refractivity contribution is 5.91. The van der Waals surface area contributed by atoms with Crippen molar-refractivity contribution >= 4 is 12.0 Å². The van der Waals surface area contributed by atoms with Gasteiger partial charge in [-0.2, -0.15) is 0 Å². The van der Waals surface area contributed by atoms with Gasteiger partial charge in [0.15, 0.2) is 0 Å². The van der Waals surface area contributed by atoms with Crippen molar-refractivity contribution in [3.8, 4) is 11.8 Å². The maximum absolute atomic E-state index is 12.1. The maximum atomic E-state index is 12.1. The Morgan fingerprint density at radius 2 is 1.81 bits per heavy atom. The van der Waals surface area contributed by atoms with Gasteiger partial charge in [-0.1, -0.05) is 12.1 Å². The SMILES string of the molecule is COc1ccc(/C=C/C(=O)NC2CCC(Oc3ncccn3)CC2)cc1. The van der Waals surface area contributed by atoms with Gasteiger partial charge < -0.3 is 14.8 Å². The van der Waals surface area contributed by atoms with Crippen LogP contribution in [0.1, 0.15) is 31.2 Å². The second kappa shape index (κ2) is 8.99. The average molecular weight is 353 g/mol. The number of methoxy groups -OCH3 is 1. The van der Waals surface area contributed by atoms with Crippen LogP contribution < -0.4 is 14.8 Å². The molecule has 1 amide bonds. The third kappa shape index (κ3) is 5.31. The fourth-order valence-corrected chi connectivity index (χ4v) is 2.96. The Kier molecular flexibility index (Phi) is 6.19. The molecular formula is C20H23N3O3. The van der Waals surface area contributed by atoms with Crippen LogP contribution in [0, 0.1) is 0 Å². The summed E-state index contributed by atoms with van der Waals surface area (Å²) < 4.78 is 10.9. The average Bonchev–Trinajstić information content (AvgIpc) is 2.69. The van der Waals surface area contributed by atoms with Crippen LogP contribution in [0.15, 0.2) is 48.8 Å². The molecule has 136 valence electrons. The van der Waals surface area contributed by atoms with Gasteiger partial charge in [0.1, 0.15) is 11.9 Å². The van der Waals surface area contributed by atoms with E-state index < -0.39 is 0 Å². The van der Waals surface area contributed by atoms with Gasteiger partial charge in [-0.15, -0.1) is 0 Å². The van der Waals surface area contributed by atoms with Gasteiger partial charge in [0.05, 0.1) is 7.11 Å². The molecule has 1 saturated carbocycles. The summed E-state index contributed by atoms with van der Waals surface area (Å²) in [4.78, 5) is 20.3. The van der Waals surface area contributed by atoms with Crippen LogP contribution in [0.25, 0.3) is 6.08 Å². The predicted octanol–water partition coefficient (Wildman–Crippen LogP) is 3.00. The zero-order chi connectivity index (χ0) is 18.2. The van der Waals surface area contributed by atoms with Crippen molar-refractivity contribution in [2.24, 2.45) is 0 Å². The maximum Gasteiger partial charge on any atom is 0.316 e. The molecule has 0 radical (unpaired) electrons. The number of carbonyl (C=O) groups excluding carboxylic acids is 1. The quantitative estimate of drug-likeness (QED) is 0.808. The number of nitrogens with one attached hydrogen (secondary N) is 1. The van der Waals surface area contributed by atoms with E-state index in [4.69, 9.17) is 9.47 Å². The molecule has 1 aromatic heterocycles. The van der Waals surface area contributed by atoms with E-state index in [0.29, 0.717) is 6.01 Å². The first-order chi connectivity index (χ1) is 12.7. The molecule has 0 bridgehead atoms. The number of aromatic nitrogens is 2. The molecule has 26 heavy (non-hydrogen) atoms. The second-order valence-electron chi connectivity index (χ2n) is 6.24. The number of carbonyl (C=O) groups is 1. The Labute approximate surface area is 153 Å². The third-order valence-electron chi connectivity index (χ3n) is 4.38. The van der Waals surface area contributed by atoms with E-state index in [1.165, 1.54) is 0 Å². The molecule has 0 spiro atoms. The molecule has 0 aliphatic heterocycles. The van der Waals surface area contributed by atoms with Gasteiger partial charge >= 0.3 is 6.01 Å². The molecular weight excluding hydrogens is 330 g/mol. The highest BCUT2D eigenvalue weighted by atomic mass is 16.5. The number of amides is 1. The standard InChI is InChI=1S/C20H23N3O3/c1-25-17-8-3-15(4-9-17)5-12-19(24)23-16-6-10-18(11-7-16)26-20-21-13-2-14-22-20/h2-5,8-9,12-14,16,18H,6-7,10-11H2,1H3,(H,23,24)/b12-5+. The smallest absolute Gasteiger partial charge is 0.316 e. The van der Waals surface area contributed by atoms with E-state index in [1.54, 1.807) is 37.7 Å². The van der Waals surface area contributed by atoms with Gasteiger partial charge in [-0.3, -0.25) is 4.79 Å². The van der Waals surface area contributed by atoms with Crippen LogP contribution >= 0.6 is 0 Å². The Bertz CT molecular complexity index is 724. The molecule has 3 rings (SSSR count). The first-order valence-corrected chi connectivity index (χ1v) is 8.79. The van der Waals surface area contributed by atoms with Crippen LogP contribution in [-0.2, 0) is 4.79 Å². The second-order valence-corrected chi connectivity index (χ2v) is 6.24. The van der Waals surface area contributed by atoms with Crippen LogP contribution in [0.2, 0.25) is 0 Å². The van der Waals surface area contributed by atoms with Crippen molar-refractivity contribution in [2.75, 3.05) is 7.11 Å². The number of nitrogens with zero attached hydrogens (tertiary/aromatic N) is 2. The minimum Gasteiger partial charge on any atom is -0.497 e. The van der Waals surface area contributed by atoms with Crippen LogP contribution in [-0.4, -0.2) is 35.1 Å². The summed E-state index contributed by atoms with van der Waals surface area (Å²) in [7, 11) is 1.63. The van der Waals surface area contributed by atoms with Crippen LogP contribution in [0.5, 0.6) is 11.8 Å². The molecule has 0 atom stereocenters. The normalized spacial score (nSPS) is 19.9. The summed E-state index contributed by atoms with van der Waals surface area (Å²) >= 11 is 0. The molecule has 0 unspecified atom stereocenters. The summed E-state index contributed by atoms with van der Waals surface area (Å²) in [5.74, 6) is 0.725. The van der Waals surface area contributed by atoms with E-state index in [-0.39, 0.29) is 18.1 Å². The van der Waals surface area contributed by atoms with Crippen molar-refractivity contribution in [2.45, 2.75) is 37.8 Å². The zero-order valence-electron chi connectivity index (χ0n) is 14.8. The number of hydrogen-bond acceptors (Lipinski definition) is 5. The van der Waals surface area contributed by atoms with Gasteiger partial charge in [-0.25, -0.2) is 9.97 Å². The fraction of sp³-hybridized carbons (Fsp3) is 0.350. The molecule has 1 aromatic carbocycles. The predicted molar refractivity (Wildman–Crippen MR) is 98.9 cm³/mol. The molecule has 1 N–H and O–H groups in total. The van der Waals surface area contributed by atoms with Gasteiger partial charge in [-0.05, 0) is 55.5 Å². The minimum atomic E-state index is -0.0726. The Morgan fingerprint density at radius 3 is 2.46 bits per heavy atom. The van der Waals surface area contributed by atoms with Crippen molar-refractivity contribution in [3.05, 3.63) is 54.4 Å². The molecule has 2 aromatic rings. The lowest BCUT2D eigenvalue weighted by Crippen LogP contribution is -2.39. The first kappa shape index (κ1) is 17.9. The molecule has 1 aliphatic rings. The Hall–Kier alpha value is -2.89. The lowest BCUT2D eigenvalue weighted by atomic mass is 9.93. The molecule has 6 nitrogen and oxygen atoms in total. The third-order valence-corrected chi connectivity index (χ3v) is 4.38. The monoisotopic (exact) mass is 353 g/mol. The van der Waals surface area contributed by atoms with E-state index in [9.17, 15) is 4.79 Å². The van der Waals surface area contributed by atoms with Crippen LogP contribution in [0.4, 0.5) is 0 Å². The van der Waals surface area contributed by atoms with E-state index in [1.807, 2.05) is 24.3 Å². The van der Waals surface area contributed by atoms with Gasteiger partial charge in [0.25, 0.3) is 0 Å². The topological polar surface area (TPSA) is 73.3 Å². The highest BCUT2D eigenvalue weighted by Crippen LogP contribution is 2.22. The number of benzene rings is 1. The molecule has 0 saturated heterocycles. The van der Waals surface area contributed by atoms with Gasteiger partial charge in [0, 0.05) is 24.5 Å². The van der Waals surface area contributed by atoms with Crippen LogP contribution in [0.3, 0.4) is 0 Å². The van der Waals surface area contributed by atoms with E-state index >= 15 is 0 Å². The number of ether oxygens (including phenoxy) is 2. The zero-order valence-corrected chi connectivity index (χ0v) is 14.8. The summed E-state index contributed by atoms with van der Waals surface area (Å²) in [6.45, 7) is 0. The summed E-state index contributed by atoms with van der Waals surface area (Å²) in [6.07, 6.45) is 10.4. The lowest BCUT2D eigenvalue weighted by molar-refractivity contribution is -0.117. The summed E-state index contributed by atoms with van der Waals surface area (Å²) in [5, 5.41) is 3.06. The van der Waals surface area contributed by atoms with Crippen molar-refractivity contribution in [3.63, 3.8) is 0 Å². The van der Waals surface area contributed by atoms with Crippen molar-refractivity contribution in [1.82, 2.24) is 15.3 Å². The fourth-order valence-electron chi connectivity index (χ4n) is 2.96. The number of rotatable bonds is 6. The molecule has 1 aliphatic carbocycles. The largest absolute Gasteiger partial charge is 0.497 e. The molecule has 1 fully saturated rings. The van der Waals surface area contributed by atoms with Crippen molar-refractivity contribution in [1.29, 1.82) is 0 Å². The van der Waals surface area contributed by atoms with Gasteiger partial charge in [0.2, 0.25) is 5.91 Å². The highest BCUT2D eigenvalue weighted by Gasteiger charge is 2.23. The van der Waals surface area contributed by atoms with Crippen molar-refractivity contribution < 1.29 is 14.3 Å². The summed E-state index contributed by atoms with van der Waals surface area (Å²) in [5.41, 5.74) is 0.959. The minimum absolute atomic E-state index is 0.0726. The molecule has 1 heterocycles. The lowest BCUT2D eigenvalue weighted by Gasteiger charge is -2.28.